The first-order valence-corrected chi connectivity index (χ1v) is 6.12. The van der Waals surface area contributed by atoms with Crippen LogP contribution >= 0.6 is 0 Å². The predicted octanol–water partition coefficient (Wildman–Crippen LogP) is 2.39. The standard InChI is InChI=1S/C14H13N3O4/c1-21-14(18)12-8-11(6-7-15-12)16-9-10-4-2-3-5-13(10)17(19)20/h2-8H,9H2,1H3,(H,15,16). The summed E-state index contributed by atoms with van der Waals surface area (Å²) in [5.41, 5.74) is 1.40. The van der Waals surface area contributed by atoms with Gasteiger partial charge < -0.3 is 10.1 Å². The van der Waals surface area contributed by atoms with Crippen molar-refractivity contribution in [1.82, 2.24) is 4.98 Å². The van der Waals surface area contributed by atoms with Gasteiger partial charge in [-0.3, -0.25) is 10.1 Å². The number of nitrogens with one attached hydrogen (secondary N) is 1. The highest BCUT2D eigenvalue weighted by molar-refractivity contribution is 5.88. The minimum atomic E-state index is -0.538. The van der Waals surface area contributed by atoms with Crippen molar-refractivity contribution in [3.05, 3.63) is 64.0 Å². The van der Waals surface area contributed by atoms with Gasteiger partial charge in [-0.1, -0.05) is 18.2 Å². The zero-order valence-electron chi connectivity index (χ0n) is 11.3. The number of nitro groups is 1. The van der Waals surface area contributed by atoms with Crippen LogP contribution in [-0.4, -0.2) is 23.0 Å². The molecule has 1 aromatic carbocycles. The summed E-state index contributed by atoms with van der Waals surface area (Å²) in [7, 11) is 1.28. The van der Waals surface area contributed by atoms with E-state index in [-0.39, 0.29) is 17.9 Å². The number of nitrogens with zero attached hydrogens (tertiary/aromatic N) is 2. The van der Waals surface area contributed by atoms with E-state index in [2.05, 4.69) is 15.0 Å². The molecule has 0 atom stereocenters. The molecule has 0 saturated heterocycles. The number of rotatable bonds is 5. The maximum Gasteiger partial charge on any atom is 0.356 e. The molecule has 0 aliphatic heterocycles. The molecule has 0 bridgehead atoms. The number of hydrogen-bond acceptors (Lipinski definition) is 6. The molecular weight excluding hydrogens is 274 g/mol. The number of carbonyl (C=O) groups excluding carboxylic acids is 1. The summed E-state index contributed by atoms with van der Waals surface area (Å²) >= 11 is 0. The first-order valence-electron chi connectivity index (χ1n) is 6.12. The first kappa shape index (κ1) is 14.4. The normalized spacial score (nSPS) is 9.95. The molecule has 0 fully saturated rings. The summed E-state index contributed by atoms with van der Waals surface area (Å²) in [6.07, 6.45) is 1.47. The van der Waals surface area contributed by atoms with Crippen molar-refractivity contribution in [1.29, 1.82) is 0 Å². The Morgan fingerprint density at radius 2 is 2.14 bits per heavy atom. The van der Waals surface area contributed by atoms with Crippen molar-refractivity contribution in [2.24, 2.45) is 0 Å². The number of nitro benzene ring substituents is 1. The predicted molar refractivity (Wildman–Crippen MR) is 76.0 cm³/mol. The van der Waals surface area contributed by atoms with Gasteiger partial charge >= 0.3 is 5.97 Å². The number of methoxy groups -OCH3 is 1. The fourth-order valence-electron chi connectivity index (χ4n) is 1.79. The number of ether oxygens (including phenoxy) is 1. The van der Waals surface area contributed by atoms with Crippen LogP contribution in [0, 0.1) is 10.1 Å². The lowest BCUT2D eigenvalue weighted by Crippen LogP contribution is -2.07. The molecule has 0 radical (unpaired) electrons. The Morgan fingerprint density at radius 3 is 2.86 bits per heavy atom. The van der Waals surface area contributed by atoms with Crippen LogP contribution in [0.1, 0.15) is 16.1 Å². The largest absolute Gasteiger partial charge is 0.464 e. The van der Waals surface area contributed by atoms with E-state index in [0.29, 0.717) is 11.3 Å². The molecule has 0 spiro atoms. The Kier molecular flexibility index (Phi) is 4.45. The number of para-hydroxylation sites is 1. The summed E-state index contributed by atoms with van der Waals surface area (Å²) in [4.78, 5) is 25.8. The molecule has 2 aromatic rings. The topological polar surface area (TPSA) is 94.4 Å². The van der Waals surface area contributed by atoms with Crippen LogP contribution < -0.4 is 5.32 Å². The van der Waals surface area contributed by atoms with Crippen molar-refractivity contribution >= 4 is 17.3 Å². The van der Waals surface area contributed by atoms with Crippen LogP contribution in [-0.2, 0) is 11.3 Å². The van der Waals surface area contributed by atoms with E-state index in [9.17, 15) is 14.9 Å². The molecule has 0 aliphatic rings. The van der Waals surface area contributed by atoms with Gasteiger partial charge in [-0.2, -0.15) is 0 Å². The van der Waals surface area contributed by atoms with Crippen molar-refractivity contribution in [2.45, 2.75) is 6.54 Å². The molecule has 7 heteroatoms. The quantitative estimate of drug-likeness (QED) is 0.515. The van der Waals surface area contributed by atoms with Crippen molar-refractivity contribution in [3.63, 3.8) is 0 Å². The van der Waals surface area contributed by atoms with Gasteiger partial charge in [0.25, 0.3) is 5.69 Å². The minimum absolute atomic E-state index is 0.0484. The van der Waals surface area contributed by atoms with Crippen LogP contribution in [0.5, 0.6) is 0 Å². The van der Waals surface area contributed by atoms with E-state index in [1.807, 2.05) is 0 Å². The second kappa shape index (κ2) is 6.47. The molecule has 21 heavy (non-hydrogen) atoms. The summed E-state index contributed by atoms with van der Waals surface area (Å²) in [6, 6.07) is 9.67. The van der Waals surface area contributed by atoms with Gasteiger partial charge in [0, 0.05) is 30.1 Å². The minimum Gasteiger partial charge on any atom is -0.464 e. The molecule has 7 nitrogen and oxygen atoms in total. The molecule has 1 heterocycles. The van der Waals surface area contributed by atoms with E-state index in [4.69, 9.17) is 0 Å². The summed E-state index contributed by atoms with van der Waals surface area (Å²) in [5, 5.41) is 13.9. The third-order valence-corrected chi connectivity index (χ3v) is 2.83. The molecule has 2 rings (SSSR count). The Hall–Kier alpha value is -2.96. The fraction of sp³-hybridized carbons (Fsp3) is 0.143. The maximum atomic E-state index is 11.4. The van der Waals surface area contributed by atoms with Gasteiger partial charge in [-0.25, -0.2) is 9.78 Å². The fourth-order valence-corrected chi connectivity index (χ4v) is 1.79. The Balaban J connectivity index is 2.14. The smallest absolute Gasteiger partial charge is 0.356 e. The van der Waals surface area contributed by atoms with Crippen molar-refractivity contribution < 1.29 is 14.5 Å². The molecule has 1 aromatic heterocycles. The Morgan fingerprint density at radius 1 is 1.38 bits per heavy atom. The number of pyridine rings is 1. The number of carbonyl (C=O) groups is 1. The molecule has 1 N–H and O–H groups in total. The van der Waals surface area contributed by atoms with Gasteiger partial charge in [0.15, 0.2) is 0 Å². The number of anilines is 1. The highest BCUT2D eigenvalue weighted by Crippen LogP contribution is 2.19. The highest BCUT2D eigenvalue weighted by Gasteiger charge is 2.12. The second-order valence-electron chi connectivity index (χ2n) is 4.16. The van der Waals surface area contributed by atoms with Gasteiger partial charge in [0.05, 0.1) is 12.0 Å². The van der Waals surface area contributed by atoms with E-state index in [1.165, 1.54) is 25.4 Å². The molecule has 0 amide bonds. The average Bonchev–Trinajstić information content (AvgIpc) is 2.52. The molecule has 0 saturated carbocycles. The van der Waals surface area contributed by atoms with E-state index in [0.717, 1.165) is 0 Å². The van der Waals surface area contributed by atoms with Gasteiger partial charge in [-0.05, 0) is 12.1 Å². The van der Waals surface area contributed by atoms with Crippen molar-refractivity contribution in [3.8, 4) is 0 Å². The molecule has 0 aliphatic carbocycles. The number of benzene rings is 1. The van der Waals surface area contributed by atoms with Crippen LogP contribution in [0.25, 0.3) is 0 Å². The monoisotopic (exact) mass is 287 g/mol. The lowest BCUT2D eigenvalue weighted by molar-refractivity contribution is -0.385. The van der Waals surface area contributed by atoms with E-state index in [1.54, 1.807) is 24.3 Å². The lowest BCUT2D eigenvalue weighted by atomic mass is 10.2. The van der Waals surface area contributed by atoms with Crippen LogP contribution in [0.2, 0.25) is 0 Å². The molecular formula is C14H13N3O4. The van der Waals surface area contributed by atoms with Gasteiger partial charge in [0.2, 0.25) is 0 Å². The lowest BCUT2D eigenvalue weighted by Gasteiger charge is -2.07. The van der Waals surface area contributed by atoms with Crippen molar-refractivity contribution in [2.75, 3.05) is 12.4 Å². The van der Waals surface area contributed by atoms with Crippen LogP contribution in [0.3, 0.4) is 0 Å². The Labute approximate surface area is 120 Å². The van der Waals surface area contributed by atoms with Crippen LogP contribution in [0.4, 0.5) is 11.4 Å². The van der Waals surface area contributed by atoms with E-state index < -0.39 is 10.9 Å². The average molecular weight is 287 g/mol. The zero-order chi connectivity index (χ0) is 15.2. The van der Waals surface area contributed by atoms with Gasteiger partial charge in [0.1, 0.15) is 5.69 Å². The highest BCUT2D eigenvalue weighted by atomic mass is 16.6. The number of aromatic nitrogens is 1. The second-order valence-corrected chi connectivity index (χ2v) is 4.16. The molecule has 0 unspecified atom stereocenters. The zero-order valence-corrected chi connectivity index (χ0v) is 11.3. The summed E-state index contributed by atoms with van der Waals surface area (Å²) < 4.78 is 4.59. The van der Waals surface area contributed by atoms with Crippen LogP contribution in [0.15, 0.2) is 42.6 Å². The summed E-state index contributed by atoms with van der Waals surface area (Å²) in [6.45, 7) is 0.266. The molecule has 108 valence electrons. The summed E-state index contributed by atoms with van der Waals surface area (Å²) in [5.74, 6) is -0.538. The number of hydrogen-bond donors (Lipinski definition) is 1. The third kappa shape index (κ3) is 3.53. The maximum absolute atomic E-state index is 11.4. The van der Waals surface area contributed by atoms with E-state index >= 15 is 0 Å². The number of esters is 1. The SMILES string of the molecule is COC(=O)c1cc(NCc2ccccc2[N+](=O)[O-])ccn1. The van der Waals surface area contributed by atoms with Gasteiger partial charge in [-0.15, -0.1) is 0 Å². The third-order valence-electron chi connectivity index (χ3n) is 2.83. The first-order chi connectivity index (χ1) is 10.1. The Bertz CT molecular complexity index is 673.